The fraction of sp³-hybridized carbons (Fsp3) is 0.647. The van der Waals surface area contributed by atoms with Crippen LogP contribution in [0.25, 0.3) is 0 Å². The van der Waals surface area contributed by atoms with Gasteiger partial charge in [0.2, 0.25) is 0 Å². The van der Waals surface area contributed by atoms with Crippen molar-refractivity contribution in [1.29, 1.82) is 0 Å². The summed E-state index contributed by atoms with van der Waals surface area (Å²) in [7, 11) is 0. The molecule has 2 bridgehead atoms. The van der Waals surface area contributed by atoms with Crippen LogP contribution in [0.2, 0.25) is 0 Å². The van der Waals surface area contributed by atoms with Gasteiger partial charge in [-0.25, -0.2) is 0 Å². The van der Waals surface area contributed by atoms with E-state index in [2.05, 4.69) is 41.4 Å². The summed E-state index contributed by atoms with van der Waals surface area (Å²) in [6.07, 6.45) is 6.55. The molecule has 2 N–H and O–H groups in total. The van der Waals surface area contributed by atoms with E-state index in [0.717, 1.165) is 12.1 Å². The van der Waals surface area contributed by atoms with Crippen LogP contribution in [0.1, 0.15) is 44.6 Å². The monoisotopic (exact) mass is 274 g/mol. The Bertz CT molecular complexity index is 417. The van der Waals surface area contributed by atoms with Gasteiger partial charge in [-0.05, 0) is 56.3 Å². The van der Waals surface area contributed by atoms with Gasteiger partial charge in [-0.1, -0.05) is 19.1 Å². The van der Waals surface area contributed by atoms with Crippen LogP contribution < -0.4 is 10.2 Å². The fourth-order valence-electron chi connectivity index (χ4n) is 4.03. The van der Waals surface area contributed by atoms with Crippen LogP contribution in [0, 0.1) is 0 Å². The van der Waals surface area contributed by atoms with Crippen LogP contribution in [0.4, 0.5) is 5.69 Å². The molecule has 0 spiro atoms. The number of benzene rings is 1. The highest BCUT2D eigenvalue weighted by molar-refractivity contribution is 5.51. The molecule has 2 aliphatic rings. The lowest BCUT2D eigenvalue weighted by molar-refractivity contribution is 0.247. The number of piperidine rings is 2. The lowest BCUT2D eigenvalue weighted by Gasteiger charge is -2.50. The molecule has 2 unspecified atom stereocenters. The van der Waals surface area contributed by atoms with Gasteiger partial charge < -0.3 is 15.3 Å². The molecule has 0 radical (unpaired) electrons. The summed E-state index contributed by atoms with van der Waals surface area (Å²) in [5, 5.41) is 12.8. The summed E-state index contributed by atoms with van der Waals surface area (Å²) in [5.74, 6) is 0. The van der Waals surface area contributed by atoms with Crippen molar-refractivity contribution in [2.75, 3.05) is 11.4 Å². The molecule has 2 fully saturated rings. The van der Waals surface area contributed by atoms with E-state index in [1.165, 1.54) is 37.8 Å². The third-order valence-electron chi connectivity index (χ3n) is 4.88. The van der Waals surface area contributed by atoms with E-state index < -0.39 is 0 Å². The van der Waals surface area contributed by atoms with E-state index in [0.29, 0.717) is 18.1 Å². The molecular formula is C17H26N2O. The zero-order valence-electron chi connectivity index (χ0n) is 12.4. The van der Waals surface area contributed by atoms with Gasteiger partial charge >= 0.3 is 0 Å². The van der Waals surface area contributed by atoms with Gasteiger partial charge in [0.05, 0.1) is 6.61 Å². The van der Waals surface area contributed by atoms with E-state index in [1.54, 1.807) is 0 Å². The molecule has 0 aliphatic carbocycles. The molecule has 0 aromatic heterocycles. The molecule has 20 heavy (non-hydrogen) atoms. The number of hydrogen-bond donors (Lipinski definition) is 2. The summed E-state index contributed by atoms with van der Waals surface area (Å²) >= 11 is 0. The van der Waals surface area contributed by atoms with Crippen molar-refractivity contribution in [2.24, 2.45) is 0 Å². The highest BCUT2D eigenvalue weighted by atomic mass is 16.3. The van der Waals surface area contributed by atoms with E-state index >= 15 is 0 Å². The number of hydrogen-bond acceptors (Lipinski definition) is 3. The first-order valence-electron chi connectivity index (χ1n) is 8.03. The molecule has 1 aromatic carbocycles. The maximum absolute atomic E-state index is 9.17. The Labute approximate surface area is 122 Å². The molecule has 3 nitrogen and oxygen atoms in total. The van der Waals surface area contributed by atoms with Crippen molar-refractivity contribution < 1.29 is 5.11 Å². The van der Waals surface area contributed by atoms with Crippen molar-refractivity contribution in [3.8, 4) is 0 Å². The van der Waals surface area contributed by atoms with Crippen molar-refractivity contribution in [2.45, 2.75) is 63.8 Å². The quantitative estimate of drug-likeness (QED) is 0.886. The number of anilines is 1. The van der Waals surface area contributed by atoms with E-state index in [9.17, 15) is 5.11 Å². The Hall–Kier alpha value is -1.06. The number of nitrogens with one attached hydrogen (secondary N) is 1. The molecule has 3 heteroatoms. The predicted molar refractivity (Wildman–Crippen MR) is 83.0 cm³/mol. The highest BCUT2D eigenvalue weighted by Gasteiger charge is 2.37. The van der Waals surface area contributed by atoms with Crippen LogP contribution in [0.3, 0.4) is 0 Å². The standard InChI is InChI=1S/C17H26N2O/c1-2-18-14-10-16-4-3-5-17(11-14)19(16)15-8-6-13(12-20)7-9-15/h6-9,14,16-18,20H,2-5,10-12H2,1H3. The minimum absolute atomic E-state index is 0.135. The zero-order chi connectivity index (χ0) is 13.9. The molecule has 0 saturated carbocycles. The smallest absolute Gasteiger partial charge is 0.0681 e. The topological polar surface area (TPSA) is 35.5 Å². The summed E-state index contributed by atoms with van der Waals surface area (Å²) in [4.78, 5) is 2.65. The Morgan fingerprint density at radius 2 is 1.80 bits per heavy atom. The van der Waals surface area contributed by atoms with Crippen molar-refractivity contribution in [1.82, 2.24) is 5.32 Å². The lowest BCUT2D eigenvalue weighted by Crippen LogP contribution is -2.56. The first-order chi connectivity index (χ1) is 9.81. The number of aliphatic hydroxyl groups is 1. The van der Waals surface area contributed by atoms with Crippen molar-refractivity contribution in [3.05, 3.63) is 29.8 Å². The third-order valence-corrected chi connectivity index (χ3v) is 4.88. The molecule has 2 aliphatic heterocycles. The molecule has 1 aromatic rings. The van der Waals surface area contributed by atoms with Crippen molar-refractivity contribution in [3.63, 3.8) is 0 Å². The minimum Gasteiger partial charge on any atom is -0.392 e. The first kappa shape index (κ1) is 13.9. The second kappa shape index (κ2) is 6.15. The molecule has 2 atom stereocenters. The first-order valence-corrected chi connectivity index (χ1v) is 8.03. The average Bonchev–Trinajstić information content (AvgIpc) is 2.47. The summed E-state index contributed by atoms with van der Waals surface area (Å²) in [5.41, 5.74) is 2.34. The second-order valence-electron chi connectivity index (χ2n) is 6.20. The van der Waals surface area contributed by atoms with Gasteiger partial charge in [0.15, 0.2) is 0 Å². The number of aliphatic hydroxyl groups excluding tert-OH is 1. The van der Waals surface area contributed by atoms with E-state index in [4.69, 9.17) is 0 Å². The SMILES string of the molecule is CCNC1CC2CCCC(C1)N2c1ccc(CO)cc1. The molecule has 110 valence electrons. The highest BCUT2D eigenvalue weighted by Crippen LogP contribution is 2.37. The van der Waals surface area contributed by atoms with Crippen LogP contribution >= 0.6 is 0 Å². The van der Waals surface area contributed by atoms with Crippen LogP contribution in [0.15, 0.2) is 24.3 Å². The predicted octanol–water partition coefficient (Wildman–Crippen LogP) is 2.68. The number of fused-ring (bicyclic) bond motifs is 2. The summed E-state index contributed by atoms with van der Waals surface area (Å²) in [6, 6.07) is 10.6. The Kier molecular flexibility index (Phi) is 4.27. The van der Waals surface area contributed by atoms with Gasteiger partial charge in [0, 0.05) is 23.8 Å². The molecule has 0 amide bonds. The number of nitrogens with zero attached hydrogens (tertiary/aromatic N) is 1. The molecule has 2 saturated heterocycles. The third kappa shape index (κ3) is 2.70. The fourth-order valence-corrected chi connectivity index (χ4v) is 4.03. The Morgan fingerprint density at radius 3 is 2.35 bits per heavy atom. The molecule has 2 heterocycles. The lowest BCUT2D eigenvalue weighted by atomic mass is 9.81. The maximum atomic E-state index is 9.17. The van der Waals surface area contributed by atoms with Gasteiger partial charge in [-0.2, -0.15) is 0 Å². The second-order valence-corrected chi connectivity index (χ2v) is 6.20. The summed E-state index contributed by atoms with van der Waals surface area (Å²) in [6.45, 7) is 3.42. The van der Waals surface area contributed by atoms with Gasteiger partial charge in [0.25, 0.3) is 0 Å². The number of rotatable bonds is 4. The largest absolute Gasteiger partial charge is 0.392 e. The van der Waals surface area contributed by atoms with E-state index in [1.807, 2.05) is 0 Å². The average molecular weight is 274 g/mol. The van der Waals surface area contributed by atoms with E-state index in [-0.39, 0.29) is 6.61 Å². The summed E-state index contributed by atoms with van der Waals surface area (Å²) < 4.78 is 0. The molecular weight excluding hydrogens is 248 g/mol. The van der Waals surface area contributed by atoms with Gasteiger partial charge in [-0.15, -0.1) is 0 Å². The normalized spacial score (nSPS) is 29.5. The molecule has 3 rings (SSSR count). The van der Waals surface area contributed by atoms with Crippen molar-refractivity contribution >= 4 is 5.69 Å². The zero-order valence-corrected chi connectivity index (χ0v) is 12.4. The maximum Gasteiger partial charge on any atom is 0.0681 e. The van der Waals surface area contributed by atoms with Crippen LogP contribution in [0.5, 0.6) is 0 Å². The van der Waals surface area contributed by atoms with Gasteiger partial charge in [-0.3, -0.25) is 0 Å². The van der Waals surface area contributed by atoms with Crippen LogP contribution in [-0.4, -0.2) is 29.8 Å². The Balaban J connectivity index is 1.78. The van der Waals surface area contributed by atoms with Crippen LogP contribution in [-0.2, 0) is 6.61 Å². The van der Waals surface area contributed by atoms with Gasteiger partial charge in [0.1, 0.15) is 0 Å². The minimum atomic E-state index is 0.135. The Morgan fingerprint density at radius 1 is 1.15 bits per heavy atom.